The smallest absolute Gasteiger partial charge is 0.147 e. The van der Waals surface area contributed by atoms with E-state index in [-0.39, 0.29) is 0 Å². The molecular formula is C15H24N4O. The lowest BCUT2D eigenvalue weighted by molar-refractivity contribution is 0.124. The molecule has 0 radical (unpaired) electrons. The van der Waals surface area contributed by atoms with Crippen molar-refractivity contribution < 1.29 is 4.74 Å². The van der Waals surface area contributed by atoms with Gasteiger partial charge < -0.3 is 10.1 Å². The number of nitrogens with zero attached hydrogens (tertiary/aromatic N) is 3. The minimum atomic E-state index is 0.517. The molecule has 2 fully saturated rings. The number of aryl methyl sites for hydroxylation is 2. The van der Waals surface area contributed by atoms with Crippen LogP contribution in [0.4, 0.5) is 5.82 Å². The summed E-state index contributed by atoms with van der Waals surface area (Å²) >= 11 is 0. The van der Waals surface area contributed by atoms with E-state index in [1.807, 2.05) is 20.0 Å². The molecule has 1 aromatic heterocycles. The van der Waals surface area contributed by atoms with Gasteiger partial charge in [0.2, 0.25) is 0 Å². The first-order valence-electron chi connectivity index (χ1n) is 7.61. The standard InChI is InChI=1S/C15H24N4O/c1-11-9-16-12(2)15(17-11)18-13-3-6-19(7-4-13)14-5-8-20-10-14/h9,13-14H,3-8,10H2,1-2H3,(H,17,18). The fourth-order valence-electron chi connectivity index (χ4n) is 3.09. The third kappa shape index (κ3) is 3.10. The molecule has 1 atom stereocenters. The van der Waals surface area contributed by atoms with Crippen molar-refractivity contribution in [3.63, 3.8) is 0 Å². The summed E-state index contributed by atoms with van der Waals surface area (Å²) in [5.41, 5.74) is 1.96. The van der Waals surface area contributed by atoms with Gasteiger partial charge in [0.1, 0.15) is 5.82 Å². The third-order valence-electron chi connectivity index (χ3n) is 4.37. The number of aromatic nitrogens is 2. The van der Waals surface area contributed by atoms with Gasteiger partial charge in [-0.2, -0.15) is 0 Å². The summed E-state index contributed by atoms with van der Waals surface area (Å²) in [6, 6.07) is 1.17. The van der Waals surface area contributed by atoms with E-state index >= 15 is 0 Å². The summed E-state index contributed by atoms with van der Waals surface area (Å²) in [7, 11) is 0. The monoisotopic (exact) mass is 276 g/mol. The molecule has 3 heterocycles. The number of likely N-dealkylation sites (tertiary alicyclic amines) is 1. The molecule has 0 aliphatic carbocycles. The normalized spacial score (nSPS) is 25.0. The highest BCUT2D eigenvalue weighted by molar-refractivity contribution is 5.40. The van der Waals surface area contributed by atoms with E-state index in [0.717, 1.165) is 43.5 Å². The van der Waals surface area contributed by atoms with Crippen molar-refractivity contribution in [2.75, 3.05) is 31.6 Å². The molecule has 3 rings (SSSR count). The van der Waals surface area contributed by atoms with E-state index in [4.69, 9.17) is 4.74 Å². The lowest BCUT2D eigenvalue weighted by Crippen LogP contribution is -2.45. The molecule has 1 aromatic rings. The molecule has 0 spiro atoms. The minimum Gasteiger partial charge on any atom is -0.380 e. The summed E-state index contributed by atoms with van der Waals surface area (Å²) in [5, 5.41) is 3.57. The van der Waals surface area contributed by atoms with Crippen LogP contribution in [0, 0.1) is 13.8 Å². The first-order chi connectivity index (χ1) is 9.72. The van der Waals surface area contributed by atoms with E-state index in [0.29, 0.717) is 12.1 Å². The largest absolute Gasteiger partial charge is 0.380 e. The predicted molar refractivity (Wildman–Crippen MR) is 78.9 cm³/mol. The van der Waals surface area contributed by atoms with E-state index < -0.39 is 0 Å². The summed E-state index contributed by atoms with van der Waals surface area (Å²) in [6.07, 6.45) is 5.36. The molecule has 0 bridgehead atoms. The highest BCUT2D eigenvalue weighted by Crippen LogP contribution is 2.21. The molecular weight excluding hydrogens is 252 g/mol. The quantitative estimate of drug-likeness (QED) is 0.911. The number of ether oxygens (including phenoxy) is 1. The van der Waals surface area contributed by atoms with E-state index in [1.165, 1.54) is 19.3 Å². The van der Waals surface area contributed by atoms with Crippen LogP contribution in [0.2, 0.25) is 0 Å². The number of hydrogen-bond donors (Lipinski definition) is 1. The Morgan fingerprint density at radius 3 is 2.75 bits per heavy atom. The minimum absolute atomic E-state index is 0.517. The molecule has 2 aliphatic heterocycles. The van der Waals surface area contributed by atoms with Gasteiger partial charge in [-0.3, -0.25) is 9.88 Å². The molecule has 1 unspecified atom stereocenters. The SMILES string of the molecule is Cc1cnc(C)c(NC2CCN(C3CCOC3)CC2)n1. The van der Waals surface area contributed by atoms with Crippen LogP contribution in [-0.2, 0) is 4.74 Å². The fourth-order valence-corrected chi connectivity index (χ4v) is 3.09. The fraction of sp³-hybridized carbons (Fsp3) is 0.733. The maximum Gasteiger partial charge on any atom is 0.147 e. The molecule has 1 N–H and O–H groups in total. The second-order valence-corrected chi connectivity index (χ2v) is 5.92. The predicted octanol–water partition coefficient (Wildman–Crippen LogP) is 1.76. The van der Waals surface area contributed by atoms with Crippen LogP contribution in [0.1, 0.15) is 30.7 Å². The Balaban J connectivity index is 1.54. The van der Waals surface area contributed by atoms with Gasteiger partial charge in [-0.1, -0.05) is 0 Å². The first-order valence-corrected chi connectivity index (χ1v) is 7.61. The molecule has 2 saturated heterocycles. The summed E-state index contributed by atoms with van der Waals surface area (Å²) in [6.45, 7) is 8.16. The Hall–Kier alpha value is -1.20. The molecule has 0 aromatic carbocycles. The van der Waals surface area contributed by atoms with Crippen LogP contribution in [0.5, 0.6) is 0 Å². The van der Waals surface area contributed by atoms with Crippen LogP contribution in [0.3, 0.4) is 0 Å². The van der Waals surface area contributed by atoms with Crippen molar-refractivity contribution in [1.82, 2.24) is 14.9 Å². The molecule has 5 nitrogen and oxygen atoms in total. The van der Waals surface area contributed by atoms with Gasteiger partial charge in [-0.15, -0.1) is 0 Å². The van der Waals surface area contributed by atoms with Crippen molar-refractivity contribution in [3.05, 3.63) is 17.6 Å². The van der Waals surface area contributed by atoms with Gasteiger partial charge in [-0.05, 0) is 33.1 Å². The van der Waals surface area contributed by atoms with E-state index in [9.17, 15) is 0 Å². The van der Waals surface area contributed by atoms with E-state index in [1.54, 1.807) is 0 Å². The average Bonchev–Trinajstić information content (AvgIpc) is 2.98. The zero-order valence-corrected chi connectivity index (χ0v) is 12.4. The highest BCUT2D eigenvalue weighted by Gasteiger charge is 2.27. The van der Waals surface area contributed by atoms with Crippen molar-refractivity contribution >= 4 is 5.82 Å². The number of nitrogens with one attached hydrogen (secondary N) is 1. The number of anilines is 1. The van der Waals surface area contributed by atoms with Gasteiger partial charge in [-0.25, -0.2) is 4.98 Å². The number of rotatable bonds is 3. The maximum absolute atomic E-state index is 5.49. The van der Waals surface area contributed by atoms with Crippen molar-refractivity contribution in [3.8, 4) is 0 Å². The van der Waals surface area contributed by atoms with Crippen molar-refractivity contribution in [2.24, 2.45) is 0 Å². The Bertz CT molecular complexity index is 451. The van der Waals surface area contributed by atoms with Gasteiger partial charge in [0.25, 0.3) is 0 Å². The Morgan fingerprint density at radius 1 is 1.25 bits per heavy atom. The van der Waals surface area contributed by atoms with Crippen molar-refractivity contribution in [1.29, 1.82) is 0 Å². The zero-order valence-electron chi connectivity index (χ0n) is 12.4. The van der Waals surface area contributed by atoms with Gasteiger partial charge in [0.15, 0.2) is 0 Å². The van der Waals surface area contributed by atoms with Crippen molar-refractivity contribution in [2.45, 2.75) is 45.2 Å². The van der Waals surface area contributed by atoms with Crippen LogP contribution in [0.25, 0.3) is 0 Å². The third-order valence-corrected chi connectivity index (χ3v) is 4.37. The first kappa shape index (κ1) is 13.8. The number of piperidine rings is 1. The molecule has 5 heteroatoms. The van der Waals surface area contributed by atoms with E-state index in [2.05, 4.69) is 20.2 Å². The molecule has 0 saturated carbocycles. The highest BCUT2D eigenvalue weighted by atomic mass is 16.5. The molecule has 110 valence electrons. The molecule has 0 amide bonds. The topological polar surface area (TPSA) is 50.3 Å². The lowest BCUT2D eigenvalue weighted by Gasteiger charge is -2.35. The van der Waals surface area contributed by atoms with Gasteiger partial charge in [0, 0.05) is 38.0 Å². The van der Waals surface area contributed by atoms with Crippen LogP contribution < -0.4 is 5.32 Å². The average molecular weight is 276 g/mol. The maximum atomic E-state index is 5.49. The summed E-state index contributed by atoms with van der Waals surface area (Å²) < 4.78 is 5.49. The van der Waals surface area contributed by atoms with Crippen LogP contribution >= 0.6 is 0 Å². The van der Waals surface area contributed by atoms with Gasteiger partial charge >= 0.3 is 0 Å². The second kappa shape index (κ2) is 6.06. The molecule has 2 aliphatic rings. The Kier molecular flexibility index (Phi) is 4.17. The van der Waals surface area contributed by atoms with Crippen LogP contribution in [0.15, 0.2) is 6.20 Å². The summed E-state index contributed by atoms with van der Waals surface area (Å²) in [5.74, 6) is 0.952. The number of hydrogen-bond acceptors (Lipinski definition) is 5. The Labute approximate surface area is 120 Å². The van der Waals surface area contributed by atoms with Crippen LogP contribution in [-0.4, -0.2) is 53.3 Å². The van der Waals surface area contributed by atoms with Gasteiger partial charge in [0.05, 0.1) is 18.0 Å². The Morgan fingerprint density at radius 2 is 2.05 bits per heavy atom. The zero-order chi connectivity index (χ0) is 13.9. The summed E-state index contributed by atoms with van der Waals surface area (Å²) in [4.78, 5) is 11.5. The lowest BCUT2D eigenvalue weighted by atomic mass is 10.0. The molecule has 20 heavy (non-hydrogen) atoms. The second-order valence-electron chi connectivity index (χ2n) is 5.92.